The molecule has 6 heteroatoms. The molecule has 1 aliphatic carbocycles. The summed E-state index contributed by atoms with van der Waals surface area (Å²) in [6.45, 7) is 0. The van der Waals surface area contributed by atoms with Crippen LogP contribution in [0.4, 0.5) is 0 Å². The van der Waals surface area contributed by atoms with Crippen molar-refractivity contribution in [3.8, 4) is 0 Å². The largest absolute Gasteiger partial charge is 0.389 e. The fourth-order valence-corrected chi connectivity index (χ4v) is 2.18. The molecule has 2 rings (SSSR count). The molecular weight excluding hydrogens is 210 g/mol. The third kappa shape index (κ3) is 1.94. The van der Waals surface area contributed by atoms with Gasteiger partial charge in [-0.25, -0.2) is 4.79 Å². The first kappa shape index (κ1) is 11.1. The molecule has 0 radical (unpaired) electrons. The number of nitrogens with two attached hydrogens (primary N) is 1. The van der Waals surface area contributed by atoms with Crippen LogP contribution in [0.25, 0.3) is 0 Å². The van der Waals surface area contributed by atoms with Gasteiger partial charge < -0.3 is 10.8 Å². The molecule has 16 heavy (non-hydrogen) atoms. The quantitative estimate of drug-likeness (QED) is 0.567. The minimum atomic E-state index is -0.739. The third-order valence-electron chi connectivity index (χ3n) is 3.08. The number of hydrogen-bond acceptors (Lipinski definition) is 4. The number of hydrogen-bond donors (Lipinski definition) is 3. The molecule has 0 amide bonds. The Hall–Kier alpha value is -1.40. The van der Waals surface area contributed by atoms with E-state index in [1.165, 1.54) is 16.8 Å². The molecule has 1 saturated carbocycles. The Morgan fingerprint density at radius 1 is 1.44 bits per heavy atom. The van der Waals surface area contributed by atoms with E-state index < -0.39 is 17.4 Å². The summed E-state index contributed by atoms with van der Waals surface area (Å²) in [6.07, 6.45) is 3.00. The lowest BCUT2D eigenvalue weighted by atomic mass is 9.88. The van der Waals surface area contributed by atoms with Crippen molar-refractivity contribution in [3.05, 3.63) is 33.1 Å². The van der Waals surface area contributed by atoms with Crippen LogP contribution in [0.3, 0.4) is 0 Å². The minimum Gasteiger partial charge on any atom is -0.389 e. The Kier molecular flexibility index (Phi) is 2.93. The molecule has 88 valence electrons. The van der Waals surface area contributed by atoms with E-state index in [1.807, 2.05) is 0 Å². The molecule has 0 bridgehead atoms. The van der Waals surface area contributed by atoms with E-state index in [4.69, 9.17) is 5.73 Å². The van der Waals surface area contributed by atoms with Crippen LogP contribution in [-0.4, -0.2) is 26.8 Å². The summed E-state index contributed by atoms with van der Waals surface area (Å²) in [6, 6.07) is 0.625. The molecule has 1 aromatic rings. The standard InChI is InChI=1S/C10H15N3O3/c11-6-2-1-3-7(9(6)15)13-5-4-8(14)12-10(13)16/h4-7,9,15H,1-3,11H2,(H,12,14,16)/t6-,7-,9-/m0/s1. The molecule has 1 aromatic heterocycles. The maximum Gasteiger partial charge on any atom is 0.328 e. The van der Waals surface area contributed by atoms with Crippen molar-refractivity contribution in [2.45, 2.75) is 37.5 Å². The van der Waals surface area contributed by atoms with E-state index in [2.05, 4.69) is 4.98 Å². The summed E-state index contributed by atoms with van der Waals surface area (Å²) in [4.78, 5) is 24.6. The van der Waals surface area contributed by atoms with Crippen molar-refractivity contribution < 1.29 is 5.11 Å². The first-order valence-corrected chi connectivity index (χ1v) is 5.34. The molecule has 1 aliphatic rings. The van der Waals surface area contributed by atoms with Gasteiger partial charge in [0.1, 0.15) is 0 Å². The Morgan fingerprint density at radius 3 is 2.88 bits per heavy atom. The Bertz CT molecular complexity index is 479. The molecule has 0 saturated heterocycles. The second kappa shape index (κ2) is 4.23. The smallest absolute Gasteiger partial charge is 0.328 e. The van der Waals surface area contributed by atoms with Crippen LogP contribution in [0.2, 0.25) is 0 Å². The van der Waals surface area contributed by atoms with Crippen LogP contribution in [0.5, 0.6) is 0 Å². The lowest BCUT2D eigenvalue weighted by Gasteiger charge is -2.33. The van der Waals surface area contributed by atoms with Crippen molar-refractivity contribution in [2.24, 2.45) is 5.73 Å². The number of nitrogens with one attached hydrogen (secondary N) is 1. The van der Waals surface area contributed by atoms with E-state index in [9.17, 15) is 14.7 Å². The minimum absolute atomic E-state index is 0.308. The fraction of sp³-hybridized carbons (Fsp3) is 0.600. The van der Waals surface area contributed by atoms with Gasteiger partial charge in [0.2, 0.25) is 0 Å². The molecule has 0 aliphatic heterocycles. The molecule has 0 aromatic carbocycles. The van der Waals surface area contributed by atoms with Gasteiger partial charge in [-0.1, -0.05) is 0 Å². The summed E-state index contributed by atoms with van der Waals surface area (Å²) in [5, 5.41) is 9.91. The first-order chi connectivity index (χ1) is 7.59. The SMILES string of the molecule is N[C@H]1CCC[C@H](n2ccc(=O)[nH]c2=O)[C@H]1O. The van der Waals surface area contributed by atoms with Gasteiger partial charge in [0.15, 0.2) is 0 Å². The van der Waals surface area contributed by atoms with Crippen LogP contribution < -0.4 is 17.0 Å². The van der Waals surface area contributed by atoms with E-state index in [0.717, 1.165) is 12.8 Å². The maximum absolute atomic E-state index is 11.5. The maximum atomic E-state index is 11.5. The van der Waals surface area contributed by atoms with Crippen LogP contribution in [0.1, 0.15) is 25.3 Å². The van der Waals surface area contributed by atoms with E-state index in [0.29, 0.717) is 6.42 Å². The van der Waals surface area contributed by atoms with Gasteiger partial charge in [-0.2, -0.15) is 0 Å². The molecule has 0 unspecified atom stereocenters. The van der Waals surface area contributed by atoms with E-state index in [1.54, 1.807) is 0 Å². The average molecular weight is 225 g/mol. The second-order valence-electron chi connectivity index (χ2n) is 4.17. The molecule has 6 nitrogen and oxygen atoms in total. The van der Waals surface area contributed by atoms with Gasteiger partial charge in [-0.3, -0.25) is 14.3 Å². The predicted octanol–water partition coefficient (Wildman–Crippen LogP) is -1.05. The van der Waals surface area contributed by atoms with Gasteiger partial charge in [0.25, 0.3) is 5.56 Å². The van der Waals surface area contributed by atoms with Crippen molar-refractivity contribution in [3.63, 3.8) is 0 Å². The fourth-order valence-electron chi connectivity index (χ4n) is 2.18. The normalized spacial score (nSPS) is 30.2. The highest BCUT2D eigenvalue weighted by molar-refractivity contribution is 4.93. The van der Waals surface area contributed by atoms with Crippen LogP contribution >= 0.6 is 0 Å². The zero-order valence-electron chi connectivity index (χ0n) is 8.80. The van der Waals surface area contributed by atoms with Crippen LogP contribution in [0.15, 0.2) is 21.9 Å². The van der Waals surface area contributed by atoms with Crippen molar-refractivity contribution >= 4 is 0 Å². The lowest BCUT2D eigenvalue weighted by Crippen LogP contribution is -2.47. The second-order valence-corrected chi connectivity index (χ2v) is 4.17. The van der Waals surface area contributed by atoms with Gasteiger partial charge in [-0.15, -0.1) is 0 Å². The number of H-pyrrole nitrogens is 1. The Labute approximate surface area is 91.7 Å². The highest BCUT2D eigenvalue weighted by atomic mass is 16.3. The van der Waals surface area contributed by atoms with Crippen molar-refractivity contribution in [1.29, 1.82) is 0 Å². The number of nitrogens with zero attached hydrogens (tertiary/aromatic N) is 1. The zero-order chi connectivity index (χ0) is 11.7. The van der Waals surface area contributed by atoms with Gasteiger partial charge in [-0.05, 0) is 19.3 Å². The summed E-state index contributed by atoms with van der Waals surface area (Å²) in [5.74, 6) is 0. The van der Waals surface area contributed by atoms with Crippen LogP contribution in [-0.2, 0) is 0 Å². The molecule has 4 N–H and O–H groups in total. The number of aromatic amines is 1. The number of rotatable bonds is 1. The van der Waals surface area contributed by atoms with E-state index in [-0.39, 0.29) is 12.1 Å². The molecule has 3 atom stereocenters. The highest BCUT2D eigenvalue weighted by Gasteiger charge is 2.31. The average Bonchev–Trinajstić information content (AvgIpc) is 2.23. The van der Waals surface area contributed by atoms with Crippen LogP contribution in [0, 0.1) is 0 Å². The van der Waals surface area contributed by atoms with E-state index >= 15 is 0 Å². The molecular formula is C10H15N3O3. The molecule has 0 spiro atoms. The molecule has 1 fully saturated rings. The van der Waals surface area contributed by atoms with Gasteiger partial charge in [0, 0.05) is 18.3 Å². The molecule has 1 heterocycles. The summed E-state index contributed by atoms with van der Waals surface area (Å²) in [5.41, 5.74) is 4.82. The highest BCUT2D eigenvalue weighted by Crippen LogP contribution is 2.26. The zero-order valence-corrected chi connectivity index (χ0v) is 8.80. The third-order valence-corrected chi connectivity index (χ3v) is 3.08. The summed E-state index contributed by atoms with van der Waals surface area (Å²) in [7, 11) is 0. The topological polar surface area (TPSA) is 101 Å². The van der Waals surface area contributed by atoms with Crippen molar-refractivity contribution in [2.75, 3.05) is 0 Å². The Balaban J connectivity index is 2.36. The van der Waals surface area contributed by atoms with Crippen molar-refractivity contribution in [1.82, 2.24) is 9.55 Å². The summed E-state index contributed by atoms with van der Waals surface area (Å²) >= 11 is 0. The van der Waals surface area contributed by atoms with Gasteiger partial charge in [0.05, 0.1) is 12.1 Å². The Morgan fingerprint density at radius 2 is 2.19 bits per heavy atom. The number of aliphatic hydroxyl groups is 1. The van der Waals surface area contributed by atoms with Gasteiger partial charge >= 0.3 is 5.69 Å². The predicted molar refractivity (Wildman–Crippen MR) is 58.2 cm³/mol. The number of aromatic nitrogens is 2. The lowest BCUT2D eigenvalue weighted by molar-refractivity contribution is 0.0548. The number of aliphatic hydroxyl groups excluding tert-OH is 1. The first-order valence-electron chi connectivity index (χ1n) is 5.34. The summed E-state index contributed by atoms with van der Waals surface area (Å²) < 4.78 is 1.35. The monoisotopic (exact) mass is 225 g/mol.